The molecule has 0 bridgehead atoms. The van der Waals surface area contributed by atoms with E-state index in [0.717, 1.165) is 0 Å². The van der Waals surface area contributed by atoms with Gasteiger partial charge in [0.15, 0.2) is 0 Å². The molecule has 0 aromatic rings. The van der Waals surface area contributed by atoms with E-state index < -0.39 is 18.1 Å². The van der Waals surface area contributed by atoms with Crippen molar-refractivity contribution in [1.29, 1.82) is 0 Å². The summed E-state index contributed by atoms with van der Waals surface area (Å²) in [4.78, 5) is 10.7. The quantitative estimate of drug-likeness (QED) is 0.433. The Morgan fingerprint density at radius 3 is 2.40 bits per heavy atom. The second-order valence-corrected chi connectivity index (χ2v) is 2.41. The van der Waals surface area contributed by atoms with Gasteiger partial charge in [-0.15, -0.1) is 0 Å². The van der Waals surface area contributed by atoms with Crippen molar-refractivity contribution in [3.05, 3.63) is 0 Å². The zero-order valence-corrected chi connectivity index (χ0v) is 7.74. The summed E-state index contributed by atoms with van der Waals surface area (Å²) in [7, 11) is 1.28. The van der Waals surface area contributed by atoms with Gasteiger partial charge in [-0.05, 0) is 0 Å². The zero-order chi connectivity index (χ0) is 8.15. The van der Waals surface area contributed by atoms with E-state index in [1.54, 1.807) is 0 Å². The maximum absolute atomic E-state index is 10.7. The number of hydrogen-bond acceptors (Lipinski definition) is 4. The molecule has 0 radical (unpaired) electrons. The van der Waals surface area contributed by atoms with Crippen LogP contribution >= 0.6 is 0 Å². The third-order valence-electron chi connectivity index (χ3n) is 1.08. The Kier molecular flexibility index (Phi) is 4.64. The molecular formula is C5H11NO3Se. The Morgan fingerprint density at radius 1 is 1.80 bits per heavy atom. The van der Waals surface area contributed by atoms with Gasteiger partial charge in [-0.1, -0.05) is 0 Å². The summed E-state index contributed by atoms with van der Waals surface area (Å²) in [6, 6.07) is -0.648. The van der Waals surface area contributed by atoms with Crippen LogP contribution in [0.1, 0.15) is 6.92 Å². The van der Waals surface area contributed by atoms with Gasteiger partial charge in [-0.3, -0.25) is 0 Å². The van der Waals surface area contributed by atoms with Crippen LogP contribution in [0.3, 0.4) is 0 Å². The molecule has 0 heterocycles. The molecule has 2 atom stereocenters. The Labute approximate surface area is 68.0 Å². The van der Waals surface area contributed by atoms with Crippen molar-refractivity contribution in [2.75, 3.05) is 7.11 Å². The first-order valence-electron chi connectivity index (χ1n) is 2.79. The Balaban J connectivity index is 3.93. The van der Waals surface area contributed by atoms with Crippen LogP contribution in [0.15, 0.2) is 0 Å². The standard InChI is InChI=1S/C5H11NO3Se/c1-3(7)4(6-10)5(8)9-2/h3-4,6-7,10H,1-2H3. The van der Waals surface area contributed by atoms with Crippen LogP contribution in [0.2, 0.25) is 0 Å². The molecule has 0 amide bonds. The van der Waals surface area contributed by atoms with E-state index in [1.807, 2.05) is 16.2 Å². The predicted octanol–water partition coefficient (Wildman–Crippen LogP) is -1.69. The molecule has 5 heteroatoms. The molecule has 2 unspecified atom stereocenters. The summed E-state index contributed by atoms with van der Waals surface area (Å²) in [5.74, 6) is -0.462. The first-order chi connectivity index (χ1) is 4.63. The van der Waals surface area contributed by atoms with Crippen molar-refractivity contribution in [2.45, 2.75) is 19.1 Å². The van der Waals surface area contributed by atoms with Gasteiger partial charge in [0.2, 0.25) is 0 Å². The summed E-state index contributed by atoms with van der Waals surface area (Å²) in [5, 5.41) is 8.94. The predicted molar refractivity (Wildman–Crippen MR) is 37.8 cm³/mol. The van der Waals surface area contributed by atoms with Crippen LogP contribution in [-0.2, 0) is 9.53 Å². The van der Waals surface area contributed by atoms with Crippen LogP contribution in [-0.4, -0.2) is 46.6 Å². The van der Waals surface area contributed by atoms with Gasteiger partial charge < -0.3 is 0 Å². The monoisotopic (exact) mass is 213 g/mol. The molecule has 4 nitrogen and oxygen atoms in total. The molecular weight excluding hydrogens is 201 g/mol. The van der Waals surface area contributed by atoms with E-state index in [-0.39, 0.29) is 0 Å². The van der Waals surface area contributed by atoms with E-state index in [4.69, 9.17) is 5.11 Å². The third kappa shape index (κ3) is 2.66. The van der Waals surface area contributed by atoms with Gasteiger partial charge in [0.25, 0.3) is 0 Å². The fraction of sp³-hybridized carbons (Fsp3) is 0.800. The van der Waals surface area contributed by atoms with Crippen molar-refractivity contribution in [2.24, 2.45) is 0 Å². The number of aliphatic hydroxyl groups is 1. The molecule has 0 aromatic heterocycles. The van der Waals surface area contributed by atoms with E-state index in [0.29, 0.717) is 0 Å². The molecule has 0 aliphatic carbocycles. The van der Waals surface area contributed by atoms with Gasteiger partial charge in [0.05, 0.1) is 0 Å². The van der Waals surface area contributed by atoms with E-state index in [2.05, 4.69) is 9.07 Å². The fourth-order valence-corrected chi connectivity index (χ4v) is 1.16. The normalized spacial score (nSPS) is 16.0. The van der Waals surface area contributed by atoms with E-state index in [1.165, 1.54) is 14.0 Å². The molecule has 0 aromatic carbocycles. The first-order valence-corrected chi connectivity index (χ1v) is 3.72. The Bertz CT molecular complexity index is 117. The minimum absolute atomic E-state index is 0.462. The number of nitrogens with one attached hydrogen (secondary N) is 1. The number of aliphatic hydroxyl groups excluding tert-OH is 1. The Hall–Kier alpha value is -0.0905. The van der Waals surface area contributed by atoms with Gasteiger partial charge in [0.1, 0.15) is 0 Å². The van der Waals surface area contributed by atoms with Gasteiger partial charge in [0, 0.05) is 0 Å². The molecule has 0 fully saturated rings. The molecule has 0 rings (SSSR count). The molecule has 2 N–H and O–H groups in total. The molecule has 0 aliphatic rings. The fourth-order valence-electron chi connectivity index (χ4n) is 0.484. The molecule has 10 heavy (non-hydrogen) atoms. The maximum atomic E-state index is 10.7. The van der Waals surface area contributed by atoms with Crippen LogP contribution < -0.4 is 4.33 Å². The SMILES string of the molecule is COC(=O)C(N[SeH])C(C)O. The summed E-state index contributed by atoms with van der Waals surface area (Å²) < 4.78 is 6.96. The second-order valence-electron chi connectivity index (χ2n) is 1.87. The van der Waals surface area contributed by atoms with Gasteiger partial charge >= 0.3 is 67.4 Å². The van der Waals surface area contributed by atoms with Crippen molar-refractivity contribution in [3.8, 4) is 0 Å². The average molecular weight is 212 g/mol. The zero-order valence-electron chi connectivity index (χ0n) is 5.87. The molecule has 0 spiro atoms. The molecule has 60 valence electrons. The van der Waals surface area contributed by atoms with Crippen molar-refractivity contribution in [3.63, 3.8) is 0 Å². The first kappa shape index (κ1) is 9.91. The van der Waals surface area contributed by atoms with Crippen molar-refractivity contribution >= 4 is 22.2 Å². The van der Waals surface area contributed by atoms with Crippen LogP contribution in [0.4, 0.5) is 0 Å². The summed E-state index contributed by atoms with van der Waals surface area (Å²) in [5.41, 5.74) is 0. The van der Waals surface area contributed by atoms with Crippen LogP contribution in [0.5, 0.6) is 0 Å². The Morgan fingerprint density at radius 2 is 2.30 bits per heavy atom. The minimum atomic E-state index is -0.740. The number of hydrogen-bond donors (Lipinski definition) is 2. The van der Waals surface area contributed by atoms with E-state index in [9.17, 15) is 4.79 Å². The summed E-state index contributed by atoms with van der Waals surface area (Å²) in [6.45, 7) is 1.52. The van der Waals surface area contributed by atoms with Crippen molar-refractivity contribution in [1.82, 2.24) is 4.33 Å². The summed E-state index contributed by atoms with van der Waals surface area (Å²) >= 11 is 2.01. The van der Waals surface area contributed by atoms with Crippen LogP contribution in [0.25, 0.3) is 0 Å². The second kappa shape index (κ2) is 4.68. The number of carbonyl (C=O) groups is 1. The van der Waals surface area contributed by atoms with Crippen LogP contribution in [0, 0.1) is 0 Å². The van der Waals surface area contributed by atoms with E-state index >= 15 is 0 Å². The third-order valence-corrected chi connectivity index (χ3v) is 1.66. The molecule has 0 saturated carbocycles. The van der Waals surface area contributed by atoms with Gasteiger partial charge in [-0.25, -0.2) is 0 Å². The number of ether oxygens (including phenoxy) is 1. The number of esters is 1. The average Bonchev–Trinajstić information content (AvgIpc) is 1.88. The molecule has 0 saturated heterocycles. The van der Waals surface area contributed by atoms with Gasteiger partial charge in [-0.2, -0.15) is 0 Å². The topological polar surface area (TPSA) is 58.6 Å². The number of methoxy groups -OCH3 is 1. The number of rotatable bonds is 3. The van der Waals surface area contributed by atoms with Crippen molar-refractivity contribution < 1.29 is 14.6 Å². The summed E-state index contributed by atoms with van der Waals surface area (Å²) in [6.07, 6.45) is -0.740. The number of carbonyl (C=O) groups excluding carboxylic acids is 1. The molecule has 0 aliphatic heterocycles.